The maximum Gasteiger partial charge on any atom is 0.260 e. The molecule has 1 amide bonds. The maximum atomic E-state index is 12.6. The number of likely N-dealkylation sites (tertiary alicyclic amines) is 1. The zero-order valence-electron chi connectivity index (χ0n) is 11.1. The third kappa shape index (κ3) is 2.37. The van der Waals surface area contributed by atoms with Crippen LogP contribution in [0.2, 0.25) is 0 Å². The summed E-state index contributed by atoms with van der Waals surface area (Å²) in [4.78, 5) is 14.4. The highest BCUT2D eigenvalue weighted by Gasteiger charge is 2.31. The normalized spacial score (nSPS) is 18.2. The monoisotopic (exact) mass is 268 g/mol. The number of hydrogen-bond acceptors (Lipinski definition) is 2. The smallest absolute Gasteiger partial charge is 0.260 e. The molecule has 2 heterocycles. The second-order valence-electron chi connectivity index (χ2n) is 5.02. The number of pyridine rings is 1. The van der Waals surface area contributed by atoms with Gasteiger partial charge in [-0.05, 0) is 24.5 Å². The van der Waals surface area contributed by atoms with Crippen LogP contribution in [0.15, 0.2) is 54.9 Å². The fourth-order valence-corrected chi connectivity index (χ4v) is 2.78. The van der Waals surface area contributed by atoms with Crippen LogP contribution in [0, 0.1) is 5.21 Å². The van der Waals surface area contributed by atoms with Crippen molar-refractivity contribution in [1.82, 2.24) is 4.90 Å². The number of carbonyl (C=O) groups excluding carboxylic acids is 1. The van der Waals surface area contributed by atoms with E-state index in [-0.39, 0.29) is 11.9 Å². The molecule has 1 aromatic heterocycles. The Labute approximate surface area is 117 Å². The molecule has 2 aromatic rings. The van der Waals surface area contributed by atoms with Crippen molar-refractivity contribution in [3.8, 4) is 0 Å². The molecule has 1 fully saturated rings. The number of amides is 1. The van der Waals surface area contributed by atoms with Crippen molar-refractivity contribution >= 4 is 5.91 Å². The van der Waals surface area contributed by atoms with Gasteiger partial charge in [0.25, 0.3) is 5.91 Å². The number of aromatic nitrogens is 1. The zero-order valence-corrected chi connectivity index (χ0v) is 11.1. The first-order chi connectivity index (χ1) is 9.75. The first-order valence-corrected chi connectivity index (χ1v) is 6.80. The Morgan fingerprint density at radius 2 is 2.00 bits per heavy atom. The Bertz CT molecular complexity index is 613. The molecule has 1 atom stereocenters. The molecule has 3 rings (SSSR count). The number of carbonyl (C=O) groups is 1. The van der Waals surface area contributed by atoms with E-state index in [1.807, 2.05) is 23.1 Å². The lowest BCUT2D eigenvalue weighted by Gasteiger charge is -2.24. The Balaban J connectivity index is 1.87. The molecule has 0 spiro atoms. The molecule has 1 aromatic carbocycles. The van der Waals surface area contributed by atoms with E-state index in [9.17, 15) is 10.0 Å². The van der Waals surface area contributed by atoms with Crippen LogP contribution in [0.3, 0.4) is 0 Å². The maximum absolute atomic E-state index is 12.6. The van der Waals surface area contributed by atoms with Crippen molar-refractivity contribution in [2.24, 2.45) is 0 Å². The van der Waals surface area contributed by atoms with Crippen LogP contribution < -0.4 is 4.73 Å². The third-order valence-electron chi connectivity index (χ3n) is 3.72. The fourth-order valence-electron chi connectivity index (χ4n) is 2.78. The summed E-state index contributed by atoms with van der Waals surface area (Å²) in [5.41, 5.74) is 1.61. The van der Waals surface area contributed by atoms with Gasteiger partial charge in [-0.3, -0.25) is 4.79 Å². The van der Waals surface area contributed by atoms with E-state index in [2.05, 4.69) is 12.1 Å². The van der Waals surface area contributed by atoms with Gasteiger partial charge in [0.2, 0.25) is 0 Å². The van der Waals surface area contributed by atoms with E-state index < -0.39 is 0 Å². The average molecular weight is 268 g/mol. The number of benzene rings is 1. The van der Waals surface area contributed by atoms with E-state index in [0.717, 1.165) is 24.9 Å². The molecule has 1 unspecified atom stereocenters. The largest absolute Gasteiger partial charge is 0.619 e. The average Bonchev–Trinajstić information content (AvgIpc) is 2.97. The van der Waals surface area contributed by atoms with Gasteiger partial charge in [-0.1, -0.05) is 30.3 Å². The van der Waals surface area contributed by atoms with Crippen LogP contribution in [0.5, 0.6) is 0 Å². The second kappa shape index (κ2) is 5.33. The number of rotatable bonds is 2. The molecular formula is C16H16N2O2. The lowest BCUT2D eigenvalue weighted by molar-refractivity contribution is -0.605. The molecule has 1 saturated heterocycles. The lowest BCUT2D eigenvalue weighted by atomic mass is 10.0. The minimum absolute atomic E-state index is 0.0680. The minimum Gasteiger partial charge on any atom is -0.619 e. The second-order valence-corrected chi connectivity index (χ2v) is 5.02. The van der Waals surface area contributed by atoms with Gasteiger partial charge in [-0.2, -0.15) is 4.73 Å². The van der Waals surface area contributed by atoms with E-state index in [0.29, 0.717) is 10.3 Å². The molecule has 1 aliphatic heterocycles. The number of nitrogens with zero attached hydrogens (tertiary/aromatic N) is 2. The molecule has 20 heavy (non-hydrogen) atoms. The molecule has 1 aliphatic rings. The van der Waals surface area contributed by atoms with Gasteiger partial charge in [-0.25, -0.2) is 0 Å². The zero-order chi connectivity index (χ0) is 13.9. The first-order valence-electron chi connectivity index (χ1n) is 6.80. The molecular weight excluding hydrogens is 252 g/mol. The molecule has 4 nitrogen and oxygen atoms in total. The SMILES string of the molecule is O=C(c1ccc[n+]([O-])c1)N1CCCC1c1ccccc1. The molecule has 0 radical (unpaired) electrons. The summed E-state index contributed by atoms with van der Waals surface area (Å²) in [6.07, 6.45) is 4.69. The Hall–Kier alpha value is -2.36. The van der Waals surface area contributed by atoms with Crippen molar-refractivity contribution in [2.45, 2.75) is 18.9 Å². The number of hydrogen-bond donors (Lipinski definition) is 0. The van der Waals surface area contributed by atoms with Crippen molar-refractivity contribution in [1.29, 1.82) is 0 Å². The van der Waals surface area contributed by atoms with Crippen LogP contribution in [0.25, 0.3) is 0 Å². The summed E-state index contributed by atoms with van der Waals surface area (Å²) in [7, 11) is 0. The molecule has 0 saturated carbocycles. The van der Waals surface area contributed by atoms with Gasteiger partial charge < -0.3 is 10.1 Å². The van der Waals surface area contributed by atoms with E-state index in [4.69, 9.17) is 0 Å². The summed E-state index contributed by atoms with van der Waals surface area (Å²) in [5, 5.41) is 11.3. The van der Waals surface area contributed by atoms with Gasteiger partial charge >= 0.3 is 0 Å². The van der Waals surface area contributed by atoms with Crippen molar-refractivity contribution < 1.29 is 9.52 Å². The fraction of sp³-hybridized carbons (Fsp3) is 0.250. The highest BCUT2D eigenvalue weighted by molar-refractivity contribution is 5.94. The minimum atomic E-state index is -0.0680. The summed E-state index contributed by atoms with van der Waals surface area (Å²) >= 11 is 0. The quantitative estimate of drug-likeness (QED) is 0.620. The molecule has 0 bridgehead atoms. The highest BCUT2D eigenvalue weighted by Crippen LogP contribution is 2.32. The van der Waals surface area contributed by atoms with Gasteiger partial charge in [0.15, 0.2) is 12.4 Å². The molecule has 0 N–H and O–H groups in total. The van der Waals surface area contributed by atoms with E-state index in [1.165, 1.54) is 12.4 Å². The van der Waals surface area contributed by atoms with Gasteiger partial charge in [-0.15, -0.1) is 0 Å². The summed E-state index contributed by atoms with van der Waals surface area (Å²) in [6, 6.07) is 13.5. The Morgan fingerprint density at radius 3 is 2.75 bits per heavy atom. The molecule has 0 aliphatic carbocycles. The first kappa shape index (κ1) is 12.7. The van der Waals surface area contributed by atoms with E-state index in [1.54, 1.807) is 12.1 Å². The summed E-state index contributed by atoms with van der Waals surface area (Å²) in [5.74, 6) is -0.0680. The Morgan fingerprint density at radius 1 is 1.20 bits per heavy atom. The van der Waals surface area contributed by atoms with Gasteiger partial charge in [0, 0.05) is 12.6 Å². The predicted molar refractivity (Wildman–Crippen MR) is 74.9 cm³/mol. The molecule has 102 valence electrons. The third-order valence-corrected chi connectivity index (χ3v) is 3.72. The van der Waals surface area contributed by atoms with E-state index >= 15 is 0 Å². The van der Waals surface area contributed by atoms with Gasteiger partial charge in [0.1, 0.15) is 5.56 Å². The van der Waals surface area contributed by atoms with Gasteiger partial charge in [0.05, 0.1) is 6.04 Å². The standard InChI is InChI=1S/C16H16N2O2/c19-16(14-8-4-10-17(20)12-14)18-11-5-9-15(18)13-6-2-1-3-7-13/h1-4,6-8,10,12,15H,5,9,11H2. The van der Waals surface area contributed by atoms with Crippen LogP contribution in [0.4, 0.5) is 0 Å². The van der Waals surface area contributed by atoms with Crippen LogP contribution >= 0.6 is 0 Å². The Kier molecular flexibility index (Phi) is 3.37. The van der Waals surface area contributed by atoms with Crippen molar-refractivity contribution in [3.05, 3.63) is 71.2 Å². The summed E-state index contributed by atoms with van der Waals surface area (Å²) < 4.78 is 0.667. The lowest BCUT2D eigenvalue weighted by Crippen LogP contribution is -2.33. The van der Waals surface area contributed by atoms with Crippen LogP contribution in [-0.2, 0) is 0 Å². The van der Waals surface area contributed by atoms with Crippen LogP contribution in [-0.4, -0.2) is 17.4 Å². The predicted octanol–water partition coefficient (Wildman–Crippen LogP) is 2.30. The van der Waals surface area contributed by atoms with Crippen molar-refractivity contribution in [3.63, 3.8) is 0 Å². The van der Waals surface area contributed by atoms with Crippen LogP contribution in [0.1, 0.15) is 34.8 Å². The van der Waals surface area contributed by atoms with Crippen molar-refractivity contribution in [2.75, 3.05) is 6.54 Å². The highest BCUT2D eigenvalue weighted by atomic mass is 16.5. The summed E-state index contributed by atoms with van der Waals surface area (Å²) in [6.45, 7) is 0.742. The topological polar surface area (TPSA) is 47.2 Å². The molecule has 4 heteroatoms.